The van der Waals surface area contributed by atoms with Crippen molar-refractivity contribution in [1.29, 1.82) is 0 Å². The third kappa shape index (κ3) is 4.50. The molecule has 1 heterocycles. The summed E-state index contributed by atoms with van der Waals surface area (Å²) in [5.74, 6) is -0.861. The molecular formula is C11H15N3O3. The number of carboxylic acid groups (broad SMARTS) is 1. The minimum absolute atomic E-state index is 0.0525. The molecule has 0 aliphatic heterocycles. The molecule has 2 amide bonds. The van der Waals surface area contributed by atoms with Crippen LogP contribution in [0.2, 0.25) is 0 Å². The Morgan fingerprint density at radius 1 is 1.53 bits per heavy atom. The maximum Gasteiger partial charge on any atom is 0.321 e. The van der Waals surface area contributed by atoms with E-state index in [0.717, 1.165) is 0 Å². The van der Waals surface area contributed by atoms with Crippen molar-refractivity contribution < 1.29 is 14.7 Å². The fourth-order valence-corrected chi connectivity index (χ4v) is 1.22. The van der Waals surface area contributed by atoms with E-state index in [1.165, 1.54) is 4.90 Å². The number of hydrogen-bond donors (Lipinski definition) is 2. The molecule has 0 radical (unpaired) electrons. The molecule has 0 fully saturated rings. The Hall–Kier alpha value is -2.11. The summed E-state index contributed by atoms with van der Waals surface area (Å²) in [4.78, 5) is 27.2. The van der Waals surface area contributed by atoms with Crippen molar-refractivity contribution in [3.8, 4) is 0 Å². The van der Waals surface area contributed by atoms with Gasteiger partial charge in [-0.05, 0) is 18.6 Å². The molecule has 6 nitrogen and oxygen atoms in total. The normalized spacial score (nSPS) is 9.71. The van der Waals surface area contributed by atoms with Gasteiger partial charge >= 0.3 is 12.0 Å². The number of nitrogens with one attached hydrogen (secondary N) is 1. The van der Waals surface area contributed by atoms with E-state index in [1.54, 1.807) is 31.6 Å². The monoisotopic (exact) mass is 237 g/mol. The first-order chi connectivity index (χ1) is 8.11. The molecule has 0 spiro atoms. The van der Waals surface area contributed by atoms with Gasteiger partial charge in [-0.1, -0.05) is 0 Å². The van der Waals surface area contributed by atoms with Gasteiger partial charge in [-0.25, -0.2) is 4.79 Å². The Morgan fingerprint density at radius 2 is 2.29 bits per heavy atom. The molecule has 1 rings (SSSR count). The number of anilines is 1. The van der Waals surface area contributed by atoms with Crippen LogP contribution in [0.25, 0.3) is 0 Å². The number of carbonyl (C=O) groups is 2. The SMILES string of the molecule is CN(C(=O)NCCCC(=O)O)c1cccnc1. The van der Waals surface area contributed by atoms with Crippen LogP contribution in [-0.2, 0) is 4.79 Å². The minimum Gasteiger partial charge on any atom is -0.481 e. The summed E-state index contributed by atoms with van der Waals surface area (Å²) >= 11 is 0. The second-order valence-corrected chi connectivity index (χ2v) is 3.50. The average molecular weight is 237 g/mol. The van der Waals surface area contributed by atoms with Gasteiger partial charge in [-0.2, -0.15) is 0 Å². The second kappa shape index (κ2) is 6.47. The van der Waals surface area contributed by atoms with Crippen LogP contribution in [0, 0.1) is 0 Å². The summed E-state index contributed by atoms with van der Waals surface area (Å²) in [7, 11) is 1.63. The molecular weight excluding hydrogens is 222 g/mol. The Labute approximate surface area is 99.3 Å². The Kier molecular flexibility index (Phi) is 4.93. The summed E-state index contributed by atoms with van der Waals surface area (Å²) in [6, 6.07) is 3.23. The molecule has 17 heavy (non-hydrogen) atoms. The van der Waals surface area contributed by atoms with Crippen LogP contribution in [0.15, 0.2) is 24.5 Å². The largest absolute Gasteiger partial charge is 0.481 e. The molecule has 2 N–H and O–H groups in total. The lowest BCUT2D eigenvalue weighted by molar-refractivity contribution is -0.137. The van der Waals surface area contributed by atoms with Crippen molar-refractivity contribution in [2.75, 3.05) is 18.5 Å². The first-order valence-electron chi connectivity index (χ1n) is 5.24. The van der Waals surface area contributed by atoms with Crippen LogP contribution in [0.5, 0.6) is 0 Å². The van der Waals surface area contributed by atoms with Gasteiger partial charge in [-0.3, -0.25) is 14.7 Å². The number of hydrogen-bond acceptors (Lipinski definition) is 3. The highest BCUT2D eigenvalue weighted by atomic mass is 16.4. The van der Waals surface area contributed by atoms with Gasteiger partial charge in [0.1, 0.15) is 0 Å². The minimum atomic E-state index is -0.861. The summed E-state index contributed by atoms with van der Waals surface area (Å²) in [6.07, 6.45) is 3.68. The summed E-state index contributed by atoms with van der Waals surface area (Å²) in [5, 5.41) is 11.1. The lowest BCUT2D eigenvalue weighted by atomic mass is 10.3. The third-order valence-corrected chi connectivity index (χ3v) is 2.18. The van der Waals surface area contributed by atoms with Gasteiger partial charge in [0.05, 0.1) is 11.9 Å². The first-order valence-corrected chi connectivity index (χ1v) is 5.24. The lowest BCUT2D eigenvalue weighted by Gasteiger charge is -2.17. The predicted octanol–water partition coefficient (Wildman–Crippen LogP) is 1.09. The Morgan fingerprint density at radius 3 is 2.88 bits per heavy atom. The van der Waals surface area contributed by atoms with E-state index in [0.29, 0.717) is 18.7 Å². The van der Waals surface area contributed by atoms with E-state index in [1.807, 2.05) is 0 Å². The van der Waals surface area contributed by atoms with E-state index in [4.69, 9.17) is 5.11 Å². The number of urea groups is 1. The first kappa shape index (κ1) is 13.0. The number of pyridine rings is 1. The molecule has 0 aliphatic rings. The number of carboxylic acids is 1. The number of aromatic nitrogens is 1. The number of carbonyl (C=O) groups excluding carboxylic acids is 1. The average Bonchev–Trinajstić information content (AvgIpc) is 2.34. The summed E-state index contributed by atoms with van der Waals surface area (Å²) < 4.78 is 0. The van der Waals surface area contributed by atoms with Crippen molar-refractivity contribution in [3.05, 3.63) is 24.5 Å². The fraction of sp³-hybridized carbons (Fsp3) is 0.364. The lowest BCUT2D eigenvalue weighted by Crippen LogP contribution is -2.37. The van der Waals surface area contributed by atoms with Gasteiger partial charge in [-0.15, -0.1) is 0 Å². The maximum atomic E-state index is 11.6. The molecule has 92 valence electrons. The van der Waals surface area contributed by atoms with Crippen LogP contribution < -0.4 is 10.2 Å². The number of aliphatic carboxylic acids is 1. The van der Waals surface area contributed by atoms with Crippen LogP contribution in [0.4, 0.5) is 10.5 Å². The van der Waals surface area contributed by atoms with Crippen molar-refractivity contribution in [1.82, 2.24) is 10.3 Å². The van der Waals surface area contributed by atoms with E-state index < -0.39 is 5.97 Å². The van der Waals surface area contributed by atoms with Crippen LogP contribution in [0.1, 0.15) is 12.8 Å². The van der Waals surface area contributed by atoms with Crippen LogP contribution in [0.3, 0.4) is 0 Å². The second-order valence-electron chi connectivity index (χ2n) is 3.50. The fourth-order valence-electron chi connectivity index (χ4n) is 1.22. The highest BCUT2D eigenvalue weighted by molar-refractivity contribution is 5.91. The highest BCUT2D eigenvalue weighted by Gasteiger charge is 2.09. The standard InChI is InChI=1S/C11H15N3O3/c1-14(9-4-2-6-12-8-9)11(17)13-7-3-5-10(15)16/h2,4,6,8H,3,5,7H2,1H3,(H,13,17)(H,15,16). The van der Waals surface area contributed by atoms with Gasteiger partial charge in [0.25, 0.3) is 0 Å². The van der Waals surface area contributed by atoms with E-state index in [-0.39, 0.29) is 12.5 Å². The maximum absolute atomic E-state index is 11.6. The van der Waals surface area contributed by atoms with Gasteiger partial charge in [0, 0.05) is 26.2 Å². The van der Waals surface area contributed by atoms with Crippen molar-refractivity contribution in [3.63, 3.8) is 0 Å². The van der Waals surface area contributed by atoms with E-state index in [2.05, 4.69) is 10.3 Å². The predicted molar refractivity (Wildman–Crippen MR) is 62.9 cm³/mol. The summed E-state index contributed by atoms with van der Waals surface area (Å²) in [5.41, 5.74) is 0.684. The Balaban J connectivity index is 2.35. The van der Waals surface area contributed by atoms with Gasteiger partial charge in [0.15, 0.2) is 0 Å². The van der Waals surface area contributed by atoms with Gasteiger partial charge in [0.2, 0.25) is 0 Å². The number of rotatable bonds is 5. The van der Waals surface area contributed by atoms with Crippen LogP contribution in [-0.4, -0.2) is 35.7 Å². The molecule has 1 aromatic rings. The number of nitrogens with zero attached hydrogens (tertiary/aromatic N) is 2. The molecule has 0 atom stereocenters. The molecule has 0 saturated heterocycles. The van der Waals surface area contributed by atoms with E-state index in [9.17, 15) is 9.59 Å². The smallest absolute Gasteiger partial charge is 0.321 e. The van der Waals surface area contributed by atoms with Crippen molar-refractivity contribution in [2.45, 2.75) is 12.8 Å². The zero-order chi connectivity index (χ0) is 12.7. The van der Waals surface area contributed by atoms with Gasteiger partial charge < -0.3 is 10.4 Å². The van der Waals surface area contributed by atoms with E-state index >= 15 is 0 Å². The third-order valence-electron chi connectivity index (χ3n) is 2.18. The summed E-state index contributed by atoms with van der Waals surface area (Å²) in [6.45, 7) is 0.343. The quantitative estimate of drug-likeness (QED) is 0.751. The van der Waals surface area contributed by atoms with Crippen molar-refractivity contribution >= 4 is 17.7 Å². The molecule has 0 bridgehead atoms. The van der Waals surface area contributed by atoms with Crippen LogP contribution >= 0.6 is 0 Å². The molecule has 0 aromatic carbocycles. The zero-order valence-corrected chi connectivity index (χ0v) is 9.59. The molecule has 6 heteroatoms. The number of amides is 2. The molecule has 0 saturated carbocycles. The topological polar surface area (TPSA) is 82.5 Å². The molecule has 0 unspecified atom stereocenters. The van der Waals surface area contributed by atoms with Crippen molar-refractivity contribution in [2.24, 2.45) is 0 Å². The zero-order valence-electron chi connectivity index (χ0n) is 9.59. The highest BCUT2D eigenvalue weighted by Crippen LogP contribution is 2.08. The molecule has 0 aliphatic carbocycles. The Bertz CT molecular complexity index is 381. The molecule has 1 aromatic heterocycles.